The molecule has 3 N–H and O–H groups in total. The topological polar surface area (TPSA) is 99.2 Å². The highest BCUT2D eigenvalue weighted by Gasteiger charge is 2.14. The number of ether oxygens (including phenoxy) is 1. The average Bonchev–Trinajstić information content (AvgIpc) is 2.55. The van der Waals surface area contributed by atoms with Gasteiger partial charge in [0.15, 0.2) is 5.82 Å². The van der Waals surface area contributed by atoms with E-state index in [1.807, 2.05) is 0 Å². The van der Waals surface area contributed by atoms with E-state index in [4.69, 9.17) is 10.5 Å². The summed E-state index contributed by atoms with van der Waals surface area (Å²) in [5, 5.41) is 3.98. The molecule has 0 saturated carbocycles. The first kappa shape index (κ1) is 12.9. The molecular formula is C8H16N4O3S. The van der Waals surface area contributed by atoms with E-state index in [-0.39, 0.29) is 24.7 Å². The maximum Gasteiger partial charge on any atom is 0.236 e. The second-order valence-electron chi connectivity index (χ2n) is 3.29. The summed E-state index contributed by atoms with van der Waals surface area (Å²) < 4.78 is 31.7. The molecule has 16 heavy (non-hydrogen) atoms. The van der Waals surface area contributed by atoms with Crippen molar-refractivity contribution in [2.75, 3.05) is 24.2 Å². The number of anilines is 1. The molecule has 1 heterocycles. The molecule has 1 rings (SSSR count). The predicted octanol–water partition coefficient (Wildman–Crippen LogP) is -0.733. The van der Waals surface area contributed by atoms with Crippen molar-refractivity contribution in [2.24, 2.45) is 12.8 Å². The lowest BCUT2D eigenvalue weighted by molar-refractivity contribution is 0.217. The number of methoxy groups -OCH3 is 1. The summed E-state index contributed by atoms with van der Waals surface area (Å²) in [4.78, 5) is 0. The van der Waals surface area contributed by atoms with E-state index in [2.05, 4.69) is 9.82 Å². The number of sulfonamides is 1. The SMILES string of the molecule is COCCS(=O)(=O)Nc1nn(C)cc1CN. The normalized spacial score (nSPS) is 11.7. The molecule has 1 aromatic rings. The fraction of sp³-hybridized carbons (Fsp3) is 0.625. The number of nitrogens with two attached hydrogens (primary N) is 1. The Balaban J connectivity index is 2.79. The van der Waals surface area contributed by atoms with Gasteiger partial charge in [0.2, 0.25) is 10.0 Å². The van der Waals surface area contributed by atoms with Crippen LogP contribution in [0, 0.1) is 0 Å². The second kappa shape index (κ2) is 5.28. The molecule has 0 aliphatic rings. The van der Waals surface area contributed by atoms with Crippen LogP contribution in [0.4, 0.5) is 5.82 Å². The van der Waals surface area contributed by atoms with Crippen LogP contribution in [0.15, 0.2) is 6.20 Å². The van der Waals surface area contributed by atoms with Gasteiger partial charge in [-0.1, -0.05) is 0 Å². The zero-order chi connectivity index (χ0) is 12.2. The van der Waals surface area contributed by atoms with Crippen molar-refractivity contribution in [3.63, 3.8) is 0 Å². The Morgan fingerprint density at radius 1 is 1.62 bits per heavy atom. The molecular weight excluding hydrogens is 232 g/mol. The maximum atomic E-state index is 11.6. The number of rotatable bonds is 6. The fourth-order valence-corrected chi connectivity index (χ4v) is 2.12. The van der Waals surface area contributed by atoms with E-state index in [0.29, 0.717) is 5.56 Å². The second-order valence-corrected chi connectivity index (χ2v) is 5.14. The minimum Gasteiger partial charge on any atom is -0.384 e. The van der Waals surface area contributed by atoms with Crippen LogP contribution < -0.4 is 10.5 Å². The van der Waals surface area contributed by atoms with Crippen LogP contribution in [-0.4, -0.2) is 37.7 Å². The summed E-state index contributed by atoms with van der Waals surface area (Å²) in [7, 11) is -0.276. The van der Waals surface area contributed by atoms with Gasteiger partial charge in [0.05, 0.1) is 12.4 Å². The van der Waals surface area contributed by atoms with Gasteiger partial charge in [0, 0.05) is 32.5 Å². The average molecular weight is 248 g/mol. The molecule has 0 bridgehead atoms. The third-order valence-electron chi connectivity index (χ3n) is 1.93. The first-order chi connectivity index (χ1) is 7.48. The van der Waals surface area contributed by atoms with E-state index in [1.54, 1.807) is 13.2 Å². The van der Waals surface area contributed by atoms with Crippen LogP contribution in [-0.2, 0) is 28.4 Å². The van der Waals surface area contributed by atoms with Crippen molar-refractivity contribution in [1.29, 1.82) is 0 Å². The van der Waals surface area contributed by atoms with Crippen molar-refractivity contribution >= 4 is 15.8 Å². The summed E-state index contributed by atoms with van der Waals surface area (Å²) in [6, 6.07) is 0. The van der Waals surface area contributed by atoms with Gasteiger partial charge in [-0.15, -0.1) is 0 Å². The summed E-state index contributed by atoms with van der Waals surface area (Å²) in [5.41, 5.74) is 6.13. The lowest BCUT2D eigenvalue weighted by atomic mass is 10.3. The highest BCUT2D eigenvalue weighted by atomic mass is 32.2. The largest absolute Gasteiger partial charge is 0.384 e. The van der Waals surface area contributed by atoms with E-state index < -0.39 is 10.0 Å². The van der Waals surface area contributed by atoms with Gasteiger partial charge in [-0.05, 0) is 0 Å². The van der Waals surface area contributed by atoms with Crippen molar-refractivity contribution in [2.45, 2.75) is 6.54 Å². The first-order valence-electron chi connectivity index (χ1n) is 4.70. The van der Waals surface area contributed by atoms with Gasteiger partial charge in [0.25, 0.3) is 0 Å². The zero-order valence-corrected chi connectivity index (χ0v) is 10.1. The lowest BCUT2D eigenvalue weighted by Crippen LogP contribution is -2.21. The van der Waals surface area contributed by atoms with Crippen LogP contribution in [0.3, 0.4) is 0 Å². The van der Waals surface area contributed by atoms with Gasteiger partial charge < -0.3 is 10.5 Å². The van der Waals surface area contributed by atoms with Gasteiger partial charge in [0.1, 0.15) is 0 Å². The molecule has 8 heteroatoms. The minimum absolute atomic E-state index is 0.107. The van der Waals surface area contributed by atoms with Crippen molar-refractivity contribution in [3.8, 4) is 0 Å². The van der Waals surface area contributed by atoms with Crippen LogP contribution in [0.2, 0.25) is 0 Å². The number of nitrogens with one attached hydrogen (secondary N) is 1. The highest BCUT2D eigenvalue weighted by Crippen LogP contribution is 2.13. The fourth-order valence-electron chi connectivity index (χ4n) is 1.16. The Morgan fingerprint density at radius 3 is 2.88 bits per heavy atom. The third kappa shape index (κ3) is 3.47. The monoisotopic (exact) mass is 248 g/mol. The standard InChI is InChI=1S/C8H16N4O3S/c1-12-6-7(5-9)8(10-12)11-16(13,14)4-3-15-2/h6H,3-5,9H2,1-2H3,(H,10,11). The highest BCUT2D eigenvalue weighted by molar-refractivity contribution is 7.92. The molecule has 0 unspecified atom stereocenters. The predicted molar refractivity (Wildman–Crippen MR) is 60.4 cm³/mol. The zero-order valence-electron chi connectivity index (χ0n) is 9.30. The number of hydrogen-bond acceptors (Lipinski definition) is 5. The van der Waals surface area contributed by atoms with E-state index in [1.165, 1.54) is 11.8 Å². The minimum atomic E-state index is -3.42. The third-order valence-corrected chi connectivity index (χ3v) is 3.14. The van der Waals surface area contributed by atoms with Crippen LogP contribution in [0.5, 0.6) is 0 Å². The van der Waals surface area contributed by atoms with Gasteiger partial charge in [-0.3, -0.25) is 9.40 Å². The molecule has 0 aliphatic heterocycles. The van der Waals surface area contributed by atoms with Crippen LogP contribution in [0.25, 0.3) is 0 Å². The Kier molecular flexibility index (Phi) is 4.27. The van der Waals surface area contributed by atoms with Crippen molar-refractivity contribution in [1.82, 2.24) is 9.78 Å². The van der Waals surface area contributed by atoms with E-state index >= 15 is 0 Å². The van der Waals surface area contributed by atoms with Crippen molar-refractivity contribution in [3.05, 3.63) is 11.8 Å². The van der Waals surface area contributed by atoms with Gasteiger partial charge >= 0.3 is 0 Å². The number of hydrogen-bond donors (Lipinski definition) is 2. The first-order valence-corrected chi connectivity index (χ1v) is 6.35. The maximum absolute atomic E-state index is 11.6. The Morgan fingerprint density at radius 2 is 2.31 bits per heavy atom. The molecule has 1 aromatic heterocycles. The number of nitrogens with zero attached hydrogens (tertiary/aromatic N) is 2. The summed E-state index contributed by atoms with van der Waals surface area (Å²) in [6.07, 6.45) is 1.67. The molecule has 0 atom stereocenters. The smallest absolute Gasteiger partial charge is 0.236 e. The molecule has 0 fully saturated rings. The number of aryl methyl sites for hydroxylation is 1. The molecule has 0 spiro atoms. The lowest BCUT2D eigenvalue weighted by Gasteiger charge is -2.05. The molecule has 0 amide bonds. The molecule has 7 nitrogen and oxygen atoms in total. The quantitative estimate of drug-likeness (QED) is 0.691. The van der Waals surface area contributed by atoms with Gasteiger partial charge in [-0.2, -0.15) is 5.10 Å². The molecule has 92 valence electrons. The summed E-state index contributed by atoms with van der Waals surface area (Å²) in [5.74, 6) is 0.172. The molecule has 0 saturated heterocycles. The van der Waals surface area contributed by atoms with E-state index in [0.717, 1.165) is 0 Å². The van der Waals surface area contributed by atoms with Crippen LogP contribution in [0.1, 0.15) is 5.56 Å². The summed E-state index contributed by atoms with van der Waals surface area (Å²) in [6.45, 7) is 0.371. The molecule has 0 radical (unpaired) electrons. The van der Waals surface area contributed by atoms with E-state index in [9.17, 15) is 8.42 Å². The summed E-state index contributed by atoms with van der Waals surface area (Å²) >= 11 is 0. The molecule has 0 aliphatic carbocycles. The van der Waals surface area contributed by atoms with Crippen LogP contribution >= 0.6 is 0 Å². The van der Waals surface area contributed by atoms with Gasteiger partial charge in [-0.25, -0.2) is 8.42 Å². The Bertz CT molecular complexity index is 440. The molecule has 0 aromatic carbocycles. The Hall–Kier alpha value is -1.12. The number of aromatic nitrogens is 2. The van der Waals surface area contributed by atoms with Crippen molar-refractivity contribution < 1.29 is 13.2 Å². The Labute approximate surface area is 94.6 Å².